The fourth-order valence-electron chi connectivity index (χ4n) is 13.4. The van der Waals surface area contributed by atoms with Crippen LogP contribution in [0.1, 0.15) is 238 Å². The van der Waals surface area contributed by atoms with Crippen molar-refractivity contribution in [1.29, 1.82) is 0 Å². The van der Waals surface area contributed by atoms with E-state index in [1.165, 1.54) is 70.6 Å². The summed E-state index contributed by atoms with van der Waals surface area (Å²) >= 11 is 0. The van der Waals surface area contributed by atoms with E-state index < -0.39 is 39.5 Å². The Balaban J connectivity index is 0.000000354. The summed E-state index contributed by atoms with van der Waals surface area (Å²) in [4.78, 5) is 45.7. The molecule has 3 N–H and O–H groups in total. The molecule has 2 saturated carbocycles. The van der Waals surface area contributed by atoms with Crippen LogP contribution in [-0.2, 0) is 24.1 Å². The molecule has 62 heavy (non-hydrogen) atoms. The summed E-state index contributed by atoms with van der Waals surface area (Å²) in [7, 11) is 0. The number of rotatable bonds is 17. The predicted molar refractivity (Wildman–Crippen MR) is 248 cm³/mol. The third kappa shape index (κ3) is 13.4. The maximum atomic E-state index is 13.6. The normalized spacial score (nSPS) is 26.7. The van der Waals surface area contributed by atoms with Crippen molar-refractivity contribution in [3.05, 3.63) is 0 Å². The number of hydroxylamine groups is 6. The Bertz CT molecular complexity index is 1300. The molecule has 5 fully saturated rings. The third-order valence-corrected chi connectivity index (χ3v) is 15.4. The Morgan fingerprint density at radius 1 is 0.532 bits per heavy atom. The molecule has 0 amide bonds. The number of hydrogen-bond donors (Lipinski definition) is 3. The highest BCUT2D eigenvalue weighted by atomic mass is 16.7. The minimum atomic E-state index is -1.40. The second-order valence-corrected chi connectivity index (χ2v) is 24.3. The number of carboxylic acids is 2. The quantitative estimate of drug-likeness (QED) is 0.121. The summed E-state index contributed by atoms with van der Waals surface area (Å²) in [5, 5.41) is 37.9. The van der Waals surface area contributed by atoms with E-state index in [0.29, 0.717) is 25.7 Å². The maximum absolute atomic E-state index is 13.6. The number of aliphatic carboxylic acids is 2. The van der Waals surface area contributed by atoms with Crippen LogP contribution in [0.5, 0.6) is 0 Å². The molecule has 0 radical (unpaired) electrons. The van der Waals surface area contributed by atoms with E-state index in [2.05, 4.69) is 105 Å². The van der Waals surface area contributed by atoms with Crippen LogP contribution in [0.3, 0.4) is 0 Å². The van der Waals surface area contributed by atoms with Gasteiger partial charge in [0, 0.05) is 33.2 Å². The second kappa shape index (κ2) is 21.5. The number of aliphatic hydroxyl groups is 1. The molecule has 3 heterocycles. The van der Waals surface area contributed by atoms with E-state index in [0.717, 1.165) is 51.6 Å². The minimum absolute atomic E-state index is 0.0939. The van der Waals surface area contributed by atoms with Gasteiger partial charge in [0.1, 0.15) is 0 Å². The molecular formula is C51H95N3O8. The van der Waals surface area contributed by atoms with Gasteiger partial charge in [-0.25, -0.2) is 0 Å². The lowest BCUT2D eigenvalue weighted by atomic mass is 9.53. The first-order valence-corrected chi connectivity index (χ1v) is 25.2. The molecule has 11 nitrogen and oxygen atoms in total. The van der Waals surface area contributed by atoms with E-state index in [1.807, 2.05) is 0 Å². The van der Waals surface area contributed by atoms with Crippen molar-refractivity contribution >= 4 is 11.9 Å². The average Bonchev–Trinajstić information content (AvgIpc) is 3.13. The summed E-state index contributed by atoms with van der Waals surface area (Å²) in [5.74, 6) is -2.64. The lowest BCUT2D eigenvalue weighted by Gasteiger charge is -2.61. The van der Waals surface area contributed by atoms with Crippen molar-refractivity contribution in [2.75, 3.05) is 6.61 Å². The van der Waals surface area contributed by atoms with Crippen LogP contribution < -0.4 is 0 Å². The standard InChI is InChI=1S/C34H60N2O6.C17H35NO2/c1-30(2)19-24(20-31(3,4)35(30)41-26-15-11-9-12-16-26)34(29(39)40,23-28(37)38)25-21-32(5,6)36(33(7,8)22-25)42-27-17-13-10-14-18-27;1-6-7-8-9-10-11-12-20-18-16(2,3)13-15(19)14-17(18,4)5/h24-27H,9-23H2,1-8H3,(H,37,38)(H,39,40);15,19H,6-14H2,1-5H3. The van der Waals surface area contributed by atoms with Crippen LogP contribution >= 0.6 is 0 Å². The highest BCUT2D eigenvalue weighted by Crippen LogP contribution is 2.58. The van der Waals surface area contributed by atoms with Crippen LogP contribution in [0.2, 0.25) is 0 Å². The van der Waals surface area contributed by atoms with Crippen LogP contribution in [0.25, 0.3) is 0 Å². The number of hydrogen-bond acceptors (Lipinski definition) is 9. The molecule has 0 atom stereocenters. The van der Waals surface area contributed by atoms with Crippen LogP contribution in [0.4, 0.5) is 0 Å². The third-order valence-electron chi connectivity index (χ3n) is 15.4. The molecule has 3 aliphatic heterocycles. The van der Waals surface area contributed by atoms with Gasteiger partial charge in [-0.1, -0.05) is 77.6 Å². The highest BCUT2D eigenvalue weighted by Gasteiger charge is 2.63. The van der Waals surface area contributed by atoms with Crippen molar-refractivity contribution in [2.45, 2.75) is 289 Å². The Labute approximate surface area is 378 Å². The van der Waals surface area contributed by atoms with Crippen LogP contribution in [0.15, 0.2) is 0 Å². The van der Waals surface area contributed by atoms with Crippen molar-refractivity contribution < 1.29 is 39.4 Å². The highest BCUT2D eigenvalue weighted by molar-refractivity contribution is 5.82. The molecule has 0 spiro atoms. The molecule has 0 bridgehead atoms. The monoisotopic (exact) mass is 878 g/mol. The number of carbonyl (C=O) groups is 2. The summed E-state index contributed by atoms with van der Waals surface area (Å²) in [6.45, 7) is 28.9. The van der Waals surface area contributed by atoms with Crippen LogP contribution in [0, 0.1) is 17.3 Å². The Morgan fingerprint density at radius 2 is 0.887 bits per heavy atom. The van der Waals surface area contributed by atoms with Gasteiger partial charge in [0.25, 0.3) is 0 Å². The van der Waals surface area contributed by atoms with E-state index in [1.54, 1.807) is 0 Å². The molecule has 3 saturated heterocycles. The average molecular weight is 878 g/mol. The van der Waals surface area contributed by atoms with Gasteiger partial charge in [-0.3, -0.25) is 24.1 Å². The second-order valence-electron chi connectivity index (χ2n) is 24.3. The molecule has 0 aromatic carbocycles. The number of unbranched alkanes of at least 4 members (excludes halogenated alkanes) is 5. The smallest absolute Gasteiger partial charge is 0.310 e. The zero-order valence-corrected chi connectivity index (χ0v) is 42.1. The summed E-state index contributed by atoms with van der Waals surface area (Å²) < 4.78 is 0. The minimum Gasteiger partial charge on any atom is -0.481 e. The van der Waals surface area contributed by atoms with E-state index in [9.17, 15) is 24.9 Å². The van der Waals surface area contributed by atoms with Gasteiger partial charge < -0.3 is 15.3 Å². The van der Waals surface area contributed by atoms with Gasteiger partial charge in [0.05, 0.1) is 36.8 Å². The predicted octanol–water partition coefficient (Wildman–Crippen LogP) is 11.9. The van der Waals surface area contributed by atoms with Gasteiger partial charge >= 0.3 is 11.9 Å². The Kier molecular flexibility index (Phi) is 18.5. The van der Waals surface area contributed by atoms with Crippen molar-refractivity contribution in [1.82, 2.24) is 15.2 Å². The molecule has 11 heteroatoms. The number of carboxylic acid groups (broad SMARTS) is 2. The summed E-state index contributed by atoms with van der Waals surface area (Å²) in [5.41, 5.74) is -3.37. The lowest BCUT2D eigenvalue weighted by molar-refractivity contribution is -0.329. The van der Waals surface area contributed by atoms with E-state index in [-0.39, 0.29) is 47.6 Å². The Hall–Kier alpha value is -1.34. The Morgan fingerprint density at radius 3 is 1.24 bits per heavy atom. The van der Waals surface area contributed by atoms with Gasteiger partial charge in [-0.15, -0.1) is 0 Å². The van der Waals surface area contributed by atoms with Crippen LogP contribution in [-0.4, -0.2) is 101 Å². The molecule has 362 valence electrons. The van der Waals surface area contributed by atoms with Gasteiger partial charge in [0.2, 0.25) is 0 Å². The topological polar surface area (TPSA) is 132 Å². The van der Waals surface area contributed by atoms with Crippen molar-refractivity contribution in [2.24, 2.45) is 17.3 Å². The zero-order chi connectivity index (χ0) is 46.4. The van der Waals surface area contributed by atoms with Gasteiger partial charge in [-0.05, 0) is 166 Å². The first-order chi connectivity index (χ1) is 28.7. The zero-order valence-electron chi connectivity index (χ0n) is 42.1. The first kappa shape index (κ1) is 53.3. The largest absolute Gasteiger partial charge is 0.481 e. The van der Waals surface area contributed by atoms with Gasteiger partial charge in [-0.2, -0.15) is 15.2 Å². The fourth-order valence-corrected chi connectivity index (χ4v) is 13.4. The first-order valence-electron chi connectivity index (χ1n) is 25.2. The summed E-state index contributed by atoms with van der Waals surface area (Å²) in [6, 6.07) is 0. The number of piperidine rings is 3. The van der Waals surface area contributed by atoms with E-state index in [4.69, 9.17) is 14.5 Å². The molecular weight excluding hydrogens is 783 g/mol. The van der Waals surface area contributed by atoms with Crippen molar-refractivity contribution in [3.8, 4) is 0 Å². The molecule has 2 aliphatic carbocycles. The number of nitrogens with zero attached hydrogens (tertiary/aromatic N) is 3. The SMILES string of the molecule is CC1(C)CC(C(CC(=O)O)(C(=O)O)C2CC(C)(C)N(OC3CCCCC3)C(C)(C)C2)CC(C)(C)N1OC1CCCCC1.CCCCCCCCON1C(C)(C)CC(O)CC1(C)C. The lowest BCUT2D eigenvalue weighted by Crippen LogP contribution is -2.67. The molecule has 5 rings (SSSR count). The molecule has 0 aromatic heterocycles. The molecule has 5 aliphatic rings. The summed E-state index contributed by atoms with van der Waals surface area (Å²) in [6.07, 6.45) is 22.8. The van der Waals surface area contributed by atoms with E-state index >= 15 is 0 Å². The maximum Gasteiger partial charge on any atom is 0.310 e. The molecule has 0 aromatic rings. The van der Waals surface area contributed by atoms with Gasteiger partial charge in [0.15, 0.2) is 0 Å². The molecule has 0 unspecified atom stereocenters. The number of aliphatic hydroxyl groups excluding tert-OH is 1. The van der Waals surface area contributed by atoms with Crippen molar-refractivity contribution in [3.63, 3.8) is 0 Å². The fraction of sp³-hybridized carbons (Fsp3) is 0.961.